The van der Waals surface area contributed by atoms with E-state index in [2.05, 4.69) is 31.0 Å². The van der Waals surface area contributed by atoms with Crippen molar-refractivity contribution in [2.24, 2.45) is 5.73 Å². The summed E-state index contributed by atoms with van der Waals surface area (Å²) in [6.45, 7) is 4.28. The maximum Gasteiger partial charge on any atom is 0.0424 e. The summed E-state index contributed by atoms with van der Waals surface area (Å²) in [5.74, 6) is 0. The van der Waals surface area contributed by atoms with E-state index < -0.39 is 0 Å². The lowest BCUT2D eigenvalue weighted by molar-refractivity contribution is 0.307. The Hall–Kier alpha value is -0.860. The predicted molar refractivity (Wildman–Crippen MR) is 65.8 cm³/mol. The molecule has 0 aliphatic rings. The fourth-order valence-electron chi connectivity index (χ4n) is 1.66. The van der Waals surface area contributed by atoms with Crippen molar-refractivity contribution in [3.8, 4) is 0 Å². The summed E-state index contributed by atoms with van der Waals surface area (Å²) in [7, 11) is 2.14. The molecule has 1 atom stereocenters. The lowest BCUT2D eigenvalue weighted by atomic mass is 10.1. The van der Waals surface area contributed by atoms with Crippen molar-refractivity contribution in [2.75, 3.05) is 20.1 Å². The van der Waals surface area contributed by atoms with E-state index >= 15 is 0 Å². The third kappa shape index (κ3) is 4.45. The standard InChI is InChI=1S/C13H22N2/c1-3-4-10-15(2)11-13(14)12-8-6-5-7-9-12/h5-9,13H,3-4,10-11,14H2,1-2H3/t13-/m1/s1. The smallest absolute Gasteiger partial charge is 0.0424 e. The molecular formula is C13H22N2. The molecule has 2 N–H and O–H groups in total. The van der Waals surface area contributed by atoms with Crippen molar-refractivity contribution in [1.29, 1.82) is 0 Å². The van der Waals surface area contributed by atoms with Crippen LogP contribution in [0.3, 0.4) is 0 Å². The molecule has 84 valence electrons. The summed E-state index contributed by atoms with van der Waals surface area (Å²) in [6, 6.07) is 10.4. The number of likely N-dealkylation sites (N-methyl/N-ethyl adjacent to an activating group) is 1. The average molecular weight is 206 g/mol. The van der Waals surface area contributed by atoms with Gasteiger partial charge in [0.1, 0.15) is 0 Å². The van der Waals surface area contributed by atoms with Gasteiger partial charge in [0.2, 0.25) is 0 Å². The highest BCUT2D eigenvalue weighted by atomic mass is 15.1. The second-order valence-electron chi connectivity index (χ2n) is 4.13. The Kier molecular flexibility index (Phi) is 5.37. The minimum Gasteiger partial charge on any atom is -0.323 e. The van der Waals surface area contributed by atoms with Gasteiger partial charge in [0.15, 0.2) is 0 Å². The highest BCUT2D eigenvalue weighted by Gasteiger charge is 2.07. The molecule has 2 heteroatoms. The first kappa shape index (κ1) is 12.2. The first-order valence-electron chi connectivity index (χ1n) is 5.73. The summed E-state index contributed by atoms with van der Waals surface area (Å²) in [5.41, 5.74) is 7.35. The van der Waals surface area contributed by atoms with Gasteiger partial charge < -0.3 is 10.6 Å². The first-order valence-corrected chi connectivity index (χ1v) is 5.73. The van der Waals surface area contributed by atoms with E-state index in [1.165, 1.54) is 18.4 Å². The van der Waals surface area contributed by atoms with Gasteiger partial charge in [-0.3, -0.25) is 0 Å². The van der Waals surface area contributed by atoms with Gasteiger partial charge in [-0.05, 0) is 25.6 Å². The van der Waals surface area contributed by atoms with Crippen molar-refractivity contribution in [3.05, 3.63) is 35.9 Å². The summed E-state index contributed by atoms with van der Waals surface area (Å²) in [6.07, 6.45) is 2.49. The lowest BCUT2D eigenvalue weighted by Crippen LogP contribution is -2.29. The fourth-order valence-corrected chi connectivity index (χ4v) is 1.66. The van der Waals surface area contributed by atoms with Gasteiger partial charge in [-0.15, -0.1) is 0 Å². The van der Waals surface area contributed by atoms with E-state index in [4.69, 9.17) is 5.73 Å². The second-order valence-corrected chi connectivity index (χ2v) is 4.13. The Morgan fingerprint density at radius 3 is 2.53 bits per heavy atom. The molecule has 0 bridgehead atoms. The molecule has 0 saturated heterocycles. The van der Waals surface area contributed by atoms with Gasteiger partial charge in [-0.25, -0.2) is 0 Å². The SMILES string of the molecule is CCCCN(C)C[C@@H](N)c1ccccc1. The van der Waals surface area contributed by atoms with Gasteiger partial charge >= 0.3 is 0 Å². The fraction of sp³-hybridized carbons (Fsp3) is 0.538. The van der Waals surface area contributed by atoms with Crippen LogP contribution >= 0.6 is 0 Å². The van der Waals surface area contributed by atoms with Crippen LogP contribution in [0.5, 0.6) is 0 Å². The Balaban J connectivity index is 2.38. The van der Waals surface area contributed by atoms with Gasteiger partial charge in [0.25, 0.3) is 0 Å². The molecule has 0 heterocycles. The van der Waals surface area contributed by atoms with Crippen molar-refractivity contribution in [2.45, 2.75) is 25.8 Å². The van der Waals surface area contributed by atoms with E-state index in [1.54, 1.807) is 0 Å². The van der Waals surface area contributed by atoms with Crippen molar-refractivity contribution < 1.29 is 0 Å². The van der Waals surface area contributed by atoms with Gasteiger partial charge in [-0.2, -0.15) is 0 Å². The average Bonchev–Trinajstić information content (AvgIpc) is 2.27. The number of hydrogen-bond acceptors (Lipinski definition) is 2. The van der Waals surface area contributed by atoms with Crippen molar-refractivity contribution >= 4 is 0 Å². The Labute approximate surface area is 93.1 Å². The summed E-state index contributed by atoms with van der Waals surface area (Å²) in [4.78, 5) is 2.31. The minimum atomic E-state index is 0.132. The molecule has 1 rings (SSSR count). The molecule has 1 aromatic carbocycles. The molecule has 0 unspecified atom stereocenters. The van der Waals surface area contributed by atoms with Gasteiger partial charge in [0, 0.05) is 12.6 Å². The molecule has 2 nitrogen and oxygen atoms in total. The van der Waals surface area contributed by atoms with Crippen LogP contribution in [0.25, 0.3) is 0 Å². The minimum absolute atomic E-state index is 0.132. The van der Waals surface area contributed by atoms with Crippen LogP contribution in [0.15, 0.2) is 30.3 Å². The van der Waals surface area contributed by atoms with Crippen LogP contribution < -0.4 is 5.73 Å². The highest BCUT2D eigenvalue weighted by Crippen LogP contribution is 2.10. The number of unbranched alkanes of at least 4 members (excludes halogenated alkanes) is 1. The maximum absolute atomic E-state index is 6.13. The lowest BCUT2D eigenvalue weighted by Gasteiger charge is -2.21. The van der Waals surface area contributed by atoms with Gasteiger partial charge in [-0.1, -0.05) is 43.7 Å². The normalized spacial score (nSPS) is 13.1. The number of nitrogens with zero attached hydrogens (tertiary/aromatic N) is 1. The molecule has 0 aliphatic heterocycles. The van der Waals surface area contributed by atoms with Crippen molar-refractivity contribution in [3.63, 3.8) is 0 Å². The van der Waals surface area contributed by atoms with E-state index in [-0.39, 0.29) is 6.04 Å². The Morgan fingerprint density at radius 1 is 1.27 bits per heavy atom. The first-order chi connectivity index (χ1) is 7.24. The zero-order valence-corrected chi connectivity index (χ0v) is 9.82. The van der Waals surface area contributed by atoms with Crippen LogP contribution in [0.2, 0.25) is 0 Å². The highest BCUT2D eigenvalue weighted by molar-refractivity contribution is 5.18. The molecule has 0 radical (unpaired) electrons. The quantitative estimate of drug-likeness (QED) is 0.774. The zero-order valence-electron chi connectivity index (χ0n) is 9.82. The molecule has 15 heavy (non-hydrogen) atoms. The van der Waals surface area contributed by atoms with Crippen LogP contribution in [-0.4, -0.2) is 25.0 Å². The molecule has 0 fully saturated rings. The largest absolute Gasteiger partial charge is 0.323 e. The molecule has 0 spiro atoms. The second kappa shape index (κ2) is 6.59. The van der Waals surface area contributed by atoms with Crippen LogP contribution in [0.4, 0.5) is 0 Å². The summed E-state index contributed by atoms with van der Waals surface area (Å²) < 4.78 is 0. The number of rotatable bonds is 6. The van der Waals surface area contributed by atoms with E-state index in [0.29, 0.717) is 0 Å². The summed E-state index contributed by atoms with van der Waals surface area (Å²) in [5, 5.41) is 0. The monoisotopic (exact) mass is 206 g/mol. The Bertz CT molecular complexity index is 258. The molecule has 1 aromatic rings. The molecular weight excluding hydrogens is 184 g/mol. The molecule has 0 saturated carbocycles. The van der Waals surface area contributed by atoms with Crippen molar-refractivity contribution in [1.82, 2.24) is 4.90 Å². The van der Waals surface area contributed by atoms with E-state index in [1.807, 2.05) is 18.2 Å². The van der Waals surface area contributed by atoms with Gasteiger partial charge in [0.05, 0.1) is 0 Å². The van der Waals surface area contributed by atoms with E-state index in [9.17, 15) is 0 Å². The predicted octanol–water partition coefficient (Wildman–Crippen LogP) is 2.42. The molecule has 0 aliphatic carbocycles. The number of benzene rings is 1. The topological polar surface area (TPSA) is 29.3 Å². The van der Waals surface area contributed by atoms with Crippen LogP contribution in [-0.2, 0) is 0 Å². The van der Waals surface area contributed by atoms with E-state index in [0.717, 1.165) is 13.1 Å². The third-order valence-electron chi connectivity index (χ3n) is 2.63. The maximum atomic E-state index is 6.13. The molecule has 0 aromatic heterocycles. The molecule has 0 amide bonds. The number of hydrogen-bond donors (Lipinski definition) is 1. The van der Waals surface area contributed by atoms with Crippen LogP contribution in [0, 0.1) is 0 Å². The zero-order chi connectivity index (χ0) is 11.1. The third-order valence-corrected chi connectivity index (χ3v) is 2.63. The van der Waals surface area contributed by atoms with Crippen LogP contribution in [0.1, 0.15) is 31.4 Å². The summed E-state index contributed by atoms with van der Waals surface area (Å²) >= 11 is 0. The number of nitrogens with two attached hydrogens (primary N) is 1. The Morgan fingerprint density at radius 2 is 1.93 bits per heavy atom.